The van der Waals surface area contributed by atoms with Crippen LogP contribution in [0.15, 0.2) is 48.5 Å². The molecule has 5 nitrogen and oxygen atoms in total. The summed E-state index contributed by atoms with van der Waals surface area (Å²) in [6.07, 6.45) is 4.73. The maximum atomic E-state index is 12.3. The third-order valence-electron chi connectivity index (χ3n) is 4.45. The predicted molar refractivity (Wildman–Crippen MR) is 109 cm³/mol. The van der Waals surface area contributed by atoms with E-state index < -0.39 is 6.16 Å². The van der Waals surface area contributed by atoms with Gasteiger partial charge >= 0.3 is 12.1 Å². The Bertz CT molecular complexity index is 750. The highest BCUT2D eigenvalue weighted by Gasteiger charge is 2.12. The molecular formula is C23H28O5. The maximum absolute atomic E-state index is 12.3. The van der Waals surface area contributed by atoms with Gasteiger partial charge in [0.1, 0.15) is 5.75 Å². The summed E-state index contributed by atoms with van der Waals surface area (Å²) in [5.74, 6) is 0.111. The Morgan fingerprint density at radius 2 is 1.50 bits per heavy atom. The number of rotatable bonds is 9. The van der Waals surface area contributed by atoms with Crippen molar-refractivity contribution >= 4 is 12.1 Å². The highest BCUT2D eigenvalue weighted by molar-refractivity contribution is 5.90. The fourth-order valence-corrected chi connectivity index (χ4v) is 2.82. The molecule has 2 rings (SSSR count). The van der Waals surface area contributed by atoms with Crippen LogP contribution >= 0.6 is 0 Å². The summed E-state index contributed by atoms with van der Waals surface area (Å²) >= 11 is 0. The number of ether oxygens (including phenoxy) is 3. The van der Waals surface area contributed by atoms with E-state index in [-0.39, 0.29) is 12.1 Å². The maximum Gasteiger partial charge on any atom is 0.513 e. The van der Waals surface area contributed by atoms with Crippen LogP contribution in [0.1, 0.15) is 56.3 Å². The highest BCUT2D eigenvalue weighted by atomic mass is 16.7. The van der Waals surface area contributed by atoms with Crippen molar-refractivity contribution in [3.63, 3.8) is 0 Å². The Kier molecular flexibility index (Phi) is 8.53. The van der Waals surface area contributed by atoms with Gasteiger partial charge in [-0.15, -0.1) is 0 Å². The first kappa shape index (κ1) is 21.5. The van der Waals surface area contributed by atoms with Gasteiger partial charge in [-0.25, -0.2) is 9.59 Å². The Hall–Kier alpha value is -2.82. The fourth-order valence-electron chi connectivity index (χ4n) is 2.82. The van der Waals surface area contributed by atoms with Crippen molar-refractivity contribution in [1.29, 1.82) is 0 Å². The van der Waals surface area contributed by atoms with Crippen LogP contribution in [0.5, 0.6) is 5.75 Å². The molecule has 2 aromatic rings. The Morgan fingerprint density at radius 1 is 0.893 bits per heavy atom. The zero-order valence-corrected chi connectivity index (χ0v) is 16.8. The molecule has 0 spiro atoms. The van der Waals surface area contributed by atoms with Crippen LogP contribution in [0.25, 0.3) is 11.1 Å². The average Bonchev–Trinajstić information content (AvgIpc) is 2.72. The second kappa shape index (κ2) is 11.1. The van der Waals surface area contributed by atoms with E-state index in [1.54, 1.807) is 24.3 Å². The van der Waals surface area contributed by atoms with Crippen LogP contribution in [-0.2, 0) is 9.47 Å². The molecule has 0 saturated heterocycles. The van der Waals surface area contributed by atoms with Crippen molar-refractivity contribution in [2.75, 3.05) is 7.11 Å². The Labute approximate surface area is 166 Å². The zero-order chi connectivity index (χ0) is 20.4. The topological polar surface area (TPSA) is 61.8 Å². The smallest absolute Gasteiger partial charge is 0.459 e. The average molecular weight is 384 g/mol. The van der Waals surface area contributed by atoms with Crippen molar-refractivity contribution in [3.05, 3.63) is 54.1 Å². The van der Waals surface area contributed by atoms with Gasteiger partial charge < -0.3 is 14.2 Å². The van der Waals surface area contributed by atoms with E-state index in [1.807, 2.05) is 31.2 Å². The molecule has 0 aromatic heterocycles. The molecule has 0 heterocycles. The van der Waals surface area contributed by atoms with E-state index in [9.17, 15) is 9.59 Å². The van der Waals surface area contributed by atoms with Gasteiger partial charge in [0.15, 0.2) is 0 Å². The van der Waals surface area contributed by atoms with Crippen LogP contribution < -0.4 is 4.74 Å². The summed E-state index contributed by atoms with van der Waals surface area (Å²) in [5, 5.41) is 0. The minimum Gasteiger partial charge on any atom is -0.459 e. The molecule has 0 aliphatic rings. The molecule has 5 heteroatoms. The van der Waals surface area contributed by atoms with Gasteiger partial charge in [0, 0.05) is 0 Å². The first-order valence-corrected chi connectivity index (χ1v) is 9.70. The van der Waals surface area contributed by atoms with Crippen LogP contribution in [0.2, 0.25) is 0 Å². The number of benzene rings is 2. The summed E-state index contributed by atoms with van der Waals surface area (Å²) < 4.78 is 14.9. The van der Waals surface area contributed by atoms with Gasteiger partial charge in [-0.2, -0.15) is 0 Å². The number of hydrogen-bond donors (Lipinski definition) is 0. The monoisotopic (exact) mass is 384 g/mol. The lowest BCUT2D eigenvalue weighted by Crippen LogP contribution is -2.15. The van der Waals surface area contributed by atoms with E-state index in [1.165, 1.54) is 26.4 Å². The van der Waals surface area contributed by atoms with Crippen molar-refractivity contribution in [2.24, 2.45) is 0 Å². The quantitative estimate of drug-likeness (QED) is 0.301. The number of unbranched alkanes of at least 4 members (excludes halogenated alkanes) is 3. The molecule has 2 aromatic carbocycles. The molecule has 150 valence electrons. The van der Waals surface area contributed by atoms with E-state index >= 15 is 0 Å². The molecule has 0 bridgehead atoms. The minimum absolute atomic E-state index is 0.0774. The largest absolute Gasteiger partial charge is 0.513 e. The molecule has 0 amide bonds. The van der Waals surface area contributed by atoms with E-state index in [2.05, 4.69) is 11.7 Å². The third kappa shape index (κ3) is 6.72. The molecule has 0 aliphatic heterocycles. The molecule has 1 atom stereocenters. The fraction of sp³-hybridized carbons (Fsp3) is 0.391. The van der Waals surface area contributed by atoms with Gasteiger partial charge in [-0.3, -0.25) is 0 Å². The summed E-state index contributed by atoms with van der Waals surface area (Å²) in [7, 11) is 1.26. The molecule has 0 N–H and O–H groups in total. The van der Waals surface area contributed by atoms with E-state index in [4.69, 9.17) is 9.47 Å². The molecular weight excluding hydrogens is 356 g/mol. The van der Waals surface area contributed by atoms with Gasteiger partial charge in [0.25, 0.3) is 0 Å². The predicted octanol–water partition coefficient (Wildman–Crippen LogP) is 6.01. The first-order valence-electron chi connectivity index (χ1n) is 9.70. The number of carbonyl (C=O) groups excluding carboxylic acids is 2. The zero-order valence-electron chi connectivity index (χ0n) is 16.8. The van der Waals surface area contributed by atoms with Crippen molar-refractivity contribution in [3.8, 4) is 16.9 Å². The highest BCUT2D eigenvalue weighted by Crippen LogP contribution is 2.23. The third-order valence-corrected chi connectivity index (χ3v) is 4.45. The van der Waals surface area contributed by atoms with Crippen molar-refractivity contribution < 1.29 is 23.8 Å². The standard InChI is InChI=1S/C23H28O5/c1-4-5-6-7-8-17(2)27-22(24)20-11-9-18(10-12-20)19-13-15-21(16-14-19)28-23(25)26-3/h9-17H,4-8H2,1-3H3. The number of methoxy groups -OCH3 is 1. The van der Waals surface area contributed by atoms with Crippen LogP contribution in [0, 0.1) is 0 Å². The first-order chi connectivity index (χ1) is 13.5. The van der Waals surface area contributed by atoms with Gasteiger partial charge in [0.2, 0.25) is 0 Å². The lowest BCUT2D eigenvalue weighted by atomic mass is 10.0. The lowest BCUT2D eigenvalue weighted by molar-refractivity contribution is 0.0319. The molecule has 0 fully saturated rings. The van der Waals surface area contributed by atoms with E-state index in [0.29, 0.717) is 11.3 Å². The summed E-state index contributed by atoms with van der Waals surface area (Å²) in [6.45, 7) is 4.12. The number of esters is 1. The number of carbonyl (C=O) groups is 2. The van der Waals surface area contributed by atoms with Crippen molar-refractivity contribution in [1.82, 2.24) is 0 Å². The SMILES string of the molecule is CCCCCCC(C)OC(=O)c1ccc(-c2ccc(OC(=O)OC)cc2)cc1. The lowest BCUT2D eigenvalue weighted by Gasteiger charge is -2.13. The number of hydrogen-bond acceptors (Lipinski definition) is 5. The minimum atomic E-state index is -0.754. The molecule has 0 radical (unpaired) electrons. The van der Waals surface area contributed by atoms with Crippen LogP contribution in [-0.4, -0.2) is 25.3 Å². The van der Waals surface area contributed by atoms with Crippen LogP contribution in [0.4, 0.5) is 4.79 Å². The Morgan fingerprint density at radius 3 is 2.07 bits per heavy atom. The summed E-state index contributed by atoms with van der Waals surface area (Å²) in [6, 6.07) is 14.3. The van der Waals surface area contributed by atoms with E-state index in [0.717, 1.165) is 24.0 Å². The molecule has 28 heavy (non-hydrogen) atoms. The van der Waals surface area contributed by atoms with Gasteiger partial charge in [-0.05, 0) is 55.2 Å². The van der Waals surface area contributed by atoms with Crippen LogP contribution in [0.3, 0.4) is 0 Å². The second-order valence-electron chi connectivity index (χ2n) is 6.72. The van der Waals surface area contributed by atoms with Gasteiger partial charge in [0.05, 0.1) is 18.8 Å². The molecule has 0 saturated carbocycles. The molecule has 1 unspecified atom stereocenters. The molecule has 0 aliphatic carbocycles. The van der Waals surface area contributed by atoms with Crippen molar-refractivity contribution in [2.45, 2.75) is 52.1 Å². The second-order valence-corrected chi connectivity index (χ2v) is 6.72. The summed E-state index contributed by atoms with van der Waals surface area (Å²) in [4.78, 5) is 23.4. The Balaban J connectivity index is 1.91. The van der Waals surface area contributed by atoms with Gasteiger partial charge in [-0.1, -0.05) is 50.5 Å². The normalized spacial score (nSPS) is 11.5. The summed E-state index contributed by atoms with van der Waals surface area (Å²) in [5.41, 5.74) is 2.44.